The molecule has 0 aromatic rings. The second-order valence-electron chi connectivity index (χ2n) is 28.8. The summed E-state index contributed by atoms with van der Waals surface area (Å²) in [5, 5.41) is 23.3. The van der Waals surface area contributed by atoms with Crippen molar-refractivity contribution in [3.8, 4) is 0 Å². The number of ether oxygens (including phenoxy) is 1. The number of carbonyl (C=O) groups excluding carboxylic acids is 2. The summed E-state index contributed by atoms with van der Waals surface area (Å²) in [7, 11) is 0. The smallest absolute Gasteiger partial charge is 0.305 e. The molecule has 0 aromatic carbocycles. The molecule has 0 spiro atoms. The van der Waals surface area contributed by atoms with E-state index in [4.69, 9.17) is 4.74 Å². The zero-order chi connectivity index (χ0) is 65.6. The van der Waals surface area contributed by atoms with Gasteiger partial charge in [-0.25, -0.2) is 0 Å². The Labute approximate surface area is 570 Å². The van der Waals surface area contributed by atoms with Gasteiger partial charge in [0.15, 0.2) is 0 Å². The Hall–Kier alpha value is -1.92. The lowest BCUT2D eigenvalue weighted by Crippen LogP contribution is -2.45. The van der Waals surface area contributed by atoms with E-state index in [1.54, 1.807) is 6.08 Å². The average molecular weight is 1280 g/mol. The molecule has 2 unspecified atom stereocenters. The average Bonchev–Trinajstić information content (AvgIpc) is 3.66. The van der Waals surface area contributed by atoms with Gasteiger partial charge in [0.1, 0.15) is 0 Å². The first kappa shape index (κ1) is 89.1. The van der Waals surface area contributed by atoms with Gasteiger partial charge in [-0.1, -0.05) is 436 Å². The van der Waals surface area contributed by atoms with E-state index in [9.17, 15) is 19.8 Å². The molecule has 91 heavy (non-hydrogen) atoms. The highest BCUT2D eigenvalue weighted by Crippen LogP contribution is 2.20. The van der Waals surface area contributed by atoms with Gasteiger partial charge >= 0.3 is 5.97 Å². The van der Waals surface area contributed by atoms with Crippen molar-refractivity contribution in [2.45, 2.75) is 482 Å². The summed E-state index contributed by atoms with van der Waals surface area (Å²) in [6.07, 6.45) is 106. The zero-order valence-electron chi connectivity index (χ0n) is 61.9. The van der Waals surface area contributed by atoms with Crippen LogP contribution in [0.5, 0.6) is 0 Å². The van der Waals surface area contributed by atoms with Gasteiger partial charge in [-0.3, -0.25) is 9.59 Å². The van der Waals surface area contributed by atoms with E-state index in [1.165, 1.54) is 392 Å². The van der Waals surface area contributed by atoms with E-state index in [2.05, 4.69) is 43.5 Å². The number of hydrogen-bond acceptors (Lipinski definition) is 5. The molecule has 0 aliphatic rings. The minimum Gasteiger partial charge on any atom is -0.466 e. The maximum absolute atomic E-state index is 12.6. The summed E-state index contributed by atoms with van der Waals surface area (Å²) in [6, 6.07) is -0.624. The molecular weight excluding hydrogens is 1110 g/mol. The van der Waals surface area contributed by atoms with Crippen LogP contribution in [0, 0.1) is 0 Å². The molecule has 0 saturated carbocycles. The van der Waals surface area contributed by atoms with Gasteiger partial charge in [0.05, 0.1) is 25.4 Å². The molecule has 0 aliphatic carbocycles. The largest absolute Gasteiger partial charge is 0.466 e. The predicted molar refractivity (Wildman–Crippen MR) is 403 cm³/mol. The first-order valence-electron chi connectivity index (χ1n) is 41.8. The second-order valence-corrected chi connectivity index (χ2v) is 28.8. The van der Waals surface area contributed by atoms with Crippen molar-refractivity contribution < 1.29 is 24.5 Å². The van der Waals surface area contributed by atoms with E-state index in [-0.39, 0.29) is 18.5 Å². The van der Waals surface area contributed by atoms with Crippen molar-refractivity contribution in [2.24, 2.45) is 0 Å². The van der Waals surface area contributed by atoms with E-state index < -0.39 is 12.1 Å². The fourth-order valence-corrected chi connectivity index (χ4v) is 13.3. The molecule has 0 bridgehead atoms. The lowest BCUT2D eigenvalue weighted by Gasteiger charge is -2.20. The highest BCUT2D eigenvalue weighted by atomic mass is 16.5. The number of carbonyl (C=O) groups is 2. The third-order valence-electron chi connectivity index (χ3n) is 19.7. The van der Waals surface area contributed by atoms with Gasteiger partial charge < -0.3 is 20.3 Å². The highest BCUT2D eigenvalue weighted by Gasteiger charge is 2.18. The van der Waals surface area contributed by atoms with Gasteiger partial charge in [-0.15, -0.1) is 0 Å². The molecule has 0 aliphatic heterocycles. The van der Waals surface area contributed by atoms with Crippen LogP contribution in [0.4, 0.5) is 0 Å². The molecule has 2 atom stereocenters. The van der Waals surface area contributed by atoms with Crippen LogP contribution < -0.4 is 5.32 Å². The Bertz CT molecular complexity index is 1470. The SMILES string of the molecule is CCCC/C=C\C/C=C\CCCCCCCC(=O)OCCCCCCCCCCCCCCCCCCCCCCCCCCCCCCCCCCCCCCCCCC(=O)NC(CO)C(O)/C=C/CCCCCCCCCCCCCCCCCCCCC. The van der Waals surface area contributed by atoms with Crippen molar-refractivity contribution in [3.63, 3.8) is 0 Å². The first-order valence-corrected chi connectivity index (χ1v) is 41.8. The van der Waals surface area contributed by atoms with E-state index in [0.29, 0.717) is 19.4 Å². The molecule has 6 nitrogen and oxygen atoms in total. The second kappa shape index (κ2) is 80.5. The third kappa shape index (κ3) is 77.0. The van der Waals surface area contributed by atoms with Crippen LogP contribution >= 0.6 is 0 Å². The van der Waals surface area contributed by atoms with Gasteiger partial charge in [0.25, 0.3) is 0 Å². The Morgan fingerprint density at radius 1 is 0.308 bits per heavy atom. The number of rotatable bonds is 79. The van der Waals surface area contributed by atoms with E-state index in [0.717, 1.165) is 51.4 Å². The van der Waals surface area contributed by atoms with Crippen LogP contribution in [0.1, 0.15) is 470 Å². The lowest BCUT2D eigenvalue weighted by molar-refractivity contribution is -0.143. The summed E-state index contributed by atoms with van der Waals surface area (Å²) >= 11 is 0. The van der Waals surface area contributed by atoms with E-state index in [1.807, 2.05) is 6.08 Å². The number of esters is 1. The number of amides is 1. The molecule has 0 fully saturated rings. The predicted octanol–water partition coefficient (Wildman–Crippen LogP) is 27.8. The van der Waals surface area contributed by atoms with Crippen molar-refractivity contribution >= 4 is 11.9 Å². The maximum Gasteiger partial charge on any atom is 0.305 e. The topological polar surface area (TPSA) is 95.9 Å². The normalized spacial score (nSPS) is 12.6. The number of unbranched alkanes of at least 4 members (excludes halogenated alkanes) is 64. The van der Waals surface area contributed by atoms with Crippen molar-refractivity contribution in [3.05, 3.63) is 36.5 Å². The summed E-state index contributed by atoms with van der Waals surface area (Å²) in [6.45, 7) is 4.91. The zero-order valence-corrected chi connectivity index (χ0v) is 61.9. The van der Waals surface area contributed by atoms with Gasteiger partial charge in [0.2, 0.25) is 5.91 Å². The molecule has 538 valence electrons. The minimum absolute atomic E-state index is 0.00982. The van der Waals surface area contributed by atoms with Crippen LogP contribution in [0.2, 0.25) is 0 Å². The molecule has 0 saturated heterocycles. The number of nitrogens with one attached hydrogen (secondary N) is 1. The Kier molecular flexibility index (Phi) is 78.8. The van der Waals surface area contributed by atoms with Crippen LogP contribution in [0.3, 0.4) is 0 Å². The first-order chi connectivity index (χ1) is 45.0. The van der Waals surface area contributed by atoms with Crippen molar-refractivity contribution in [1.82, 2.24) is 5.32 Å². The number of hydrogen-bond donors (Lipinski definition) is 3. The summed E-state index contributed by atoms with van der Waals surface area (Å²) in [5.74, 6) is -0.0472. The van der Waals surface area contributed by atoms with Crippen LogP contribution in [0.15, 0.2) is 36.5 Å². The molecule has 0 radical (unpaired) electrons. The Morgan fingerprint density at radius 2 is 0.560 bits per heavy atom. The van der Waals surface area contributed by atoms with Crippen LogP contribution in [0.25, 0.3) is 0 Å². The van der Waals surface area contributed by atoms with Gasteiger partial charge in [-0.05, 0) is 57.8 Å². The highest BCUT2D eigenvalue weighted by molar-refractivity contribution is 5.76. The Morgan fingerprint density at radius 3 is 0.868 bits per heavy atom. The minimum atomic E-state index is -0.841. The van der Waals surface area contributed by atoms with Gasteiger partial charge in [0, 0.05) is 12.8 Å². The van der Waals surface area contributed by atoms with Crippen LogP contribution in [-0.4, -0.2) is 47.4 Å². The summed E-state index contributed by atoms with van der Waals surface area (Å²) < 4.78 is 5.49. The van der Waals surface area contributed by atoms with E-state index >= 15 is 0 Å². The molecule has 0 rings (SSSR count). The fraction of sp³-hybridized carbons (Fsp3) is 0.906. The number of aliphatic hydroxyl groups is 2. The monoisotopic (exact) mass is 1280 g/mol. The van der Waals surface area contributed by atoms with Crippen molar-refractivity contribution in [2.75, 3.05) is 13.2 Å². The standard InChI is InChI=1S/C85H163NO5/c1-3-5-7-9-11-13-15-17-19-20-21-41-44-47-50-53-57-61-65-69-73-77-83(88)82(81-87)86-84(89)78-74-70-66-62-58-54-51-48-45-42-39-37-35-33-31-29-27-25-23-22-24-26-28-30-32-34-36-38-40-43-46-49-52-56-60-64-68-72-76-80-91-85(90)79-75-71-67-63-59-55-18-16-14-12-10-8-6-4-2/h10,12,16,18,73,77,82-83,87-88H,3-9,11,13-15,17,19-72,74-76,78-81H2,1-2H3,(H,86,89)/b12-10-,18-16-,77-73+. The lowest BCUT2D eigenvalue weighted by atomic mass is 10.0. The number of allylic oxidation sites excluding steroid dienone is 5. The summed E-state index contributed by atoms with van der Waals surface area (Å²) in [4.78, 5) is 24.6. The quantitative estimate of drug-likeness (QED) is 0.0320. The molecular formula is C85H163NO5. The third-order valence-corrected chi connectivity index (χ3v) is 19.7. The molecule has 0 aromatic heterocycles. The Balaban J connectivity index is 3.32. The van der Waals surface area contributed by atoms with Gasteiger partial charge in [-0.2, -0.15) is 0 Å². The van der Waals surface area contributed by atoms with Crippen molar-refractivity contribution in [1.29, 1.82) is 0 Å². The molecule has 3 N–H and O–H groups in total. The molecule has 0 heterocycles. The summed E-state index contributed by atoms with van der Waals surface area (Å²) in [5.41, 5.74) is 0. The number of aliphatic hydroxyl groups excluding tert-OH is 2. The molecule has 6 heteroatoms. The molecule has 1 amide bonds. The maximum atomic E-state index is 12.6. The van der Waals surface area contributed by atoms with Crippen LogP contribution in [-0.2, 0) is 14.3 Å². The fourth-order valence-electron chi connectivity index (χ4n) is 13.3.